The van der Waals surface area contributed by atoms with Gasteiger partial charge in [-0.25, -0.2) is 4.79 Å². The molecule has 3 fully saturated rings. The van der Waals surface area contributed by atoms with E-state index in [1.807, 2.05) is 13.8 Å². The van der Waals surface area contributed by atoms with Crippen LogP contribution in [-0.4, -0.2) is 41.4 Å². The minimum atomic E-state index is -0.781. The molecule has 21 heavy (non-hydrogen) atoms. The van der Waals surface area contributed by atoms with Crippen molar-refractivity contribution < 1.29 is 19.4 Å². The van der Waals surface area contributed by atoms with Crippen molar-refractivity contribution in [3.8, 4) is 0 Å². The summed E-state index contributed by atoms with van der Waals surface area (Å²) < 4.78 is 5.51. The SMILES string of the molecule is CC1OCCC1(C)NC(=O)NC1C2CCC(C2)C1C(=O)O. The largest absolute Gasteiger partial charge is 0.481 e. The number of hydrogen-bond donors (Lipinski definition) is 3. The molecule has 1 heterocycles. The number of carboxylic acid groups (broad SMARTS) is 1. The quantitative estimate of drug-likeness (QED) is 0.733. The Morgan fingerprint density at radius 3 is 2.62 bits per heavy atom. The molecular weight excluding hydrogens is 272 g/mol. The molecule has 118 valence electrons. The number of ether oxygens (including phenoxy) is 1. The van der Waals surface area contributed by atoms with Crippen molar-refractivity contribution in [3.63, 3.8) is 0 Å². The van der Waals surface area contributed by atoms with Crippen molar-refractivity contribution in [2.45, 2.75) is 57.2 Å². The van der Waals surface area contributed by atoms with Gasteiger partial charge in [-0.05, 0) is 51.4 Å². The maximum atomic E-state index is 12.3. The maximum absolute atomic E-state index is 12.3. The summed E-state index contributed by atoms with van der Waals surface area (Å²) in [6.07, 6.45) is 3.68. The van der Waals surface area contributed by atoms with Crippen molar-refractivity contribution >= 4 is 12.0 Å². The van der Waals surface area contributed by atoms with Crippen LogP contribution in [0.3, 0.4) is 0 Å². The van der Waals surface area contributed by atoms with Crippen molar-refractivity contribution in [1.29, 1.82) is 0 Å². The fourth-order valence-corrected chi connectivity index (χ4v) is 4.30. The van der Waals surface area contributed by atoms with Crippen LogP contribution in [0.2, 0.25) is 0 Å². The van der Waals surface area contributed by atoms with E-state index in [-0.39, 0.29) is 29.6 Å². The van der Waals surface area contributed by atoms with Crippen LogP contribution in [0.5, 0.6) is 0 Å². The Kier molecular flexibility index (Phi) is 3.59. The number of hydrogen-bond acceptors (Lipinski definition) is 3. The molecule has 6 unspecified atom stereocenters. The highest BCUT2D eigenvalue weighted by Crippen LogP contribution is 2.48. The van der Waals surface area contributed by atoms with Crippen LogP contribution < -0.4 is 10.6 Å². The number of carboxylic acids is 1. The highest BCUT2D eigenvalue weighted by molar-refractivity contribution is 5.78. The Hall–Kier alpha value is -1.30. The predicted octanol–water partition coefficient (Wildman–Crippen LogP) is 1.35. The van der Waals surface area contributed by atoms with E-state index in [0.717, 1.165) is 25.7 Å². The van der Waals surface area contributed by atoms with E-state index in [0.29, 0.717) is 12.5 Å². The zero-order valence-corrected chi connectivity index (χ0v) is 12.6. The molecule has 0 spiro atoms. The van der Waals surface area contributed by atoms with Gasteiger partial charge < -0.3 is 20.5 Å². The van der Waals surface area contributed by atoms with Gasteiger partial charge >= 0.3 is 12.0 Å². The third-order valence-electron chi connectivity index (χ3n) is 5.78. The summed E-state index contributed by atoms with van der Waals surface area (Å²) >= 11 is 0. The Balaban J connectivity index is 1.63. The van der Waals surface area contributed by atoms with Crippen LogP contribution in [0, 0.1) is 17.8 Å². The van der Waals surface area contributed by atoms with Gasteiger partial charge in [0.2, 0.25) is 0 Å². The molecule has 2 amide bonds. The Morgan fingerprint density at radius 1 is 1.29 bits per heavy atom. The summed E-state index contributed by atoms with van der Waals surface area (Å²) in [5, 5.41) is 15.3. The molecule has 3 N–H and O–H groups in total. The van der Waals surface area contributed by atoms with Gasteiger partial charge in [-0.2, -0.15) is 0 Å². The Bertz CT molecular complexity index is 455. The summed E-state index contributed by atoms with van der Waals surface area (Å²) in [4.78, 5) is 23.7. The second-order valence-electron chi connectivity index (χ2n) is 7.00. The van der Waals surface area contributed by atoms with Crippen molar-refractivity contribution in [1.82, 2.24) is 10.6 Å². The van der Waals surface area contributed by atoms with Gasteiger partial charge in [0, 0.05) is 12.6 Å². The lowest BCUT2D eigenvalue weighted by molar-refractivity contribution is -0.144. The maximum Gasteiger partial charge on any atom is 0.315 e. The van der Waals surface area contributed by atoms with E-state index in [1.54, 1.807) is 0 Å². The Labute approximate surface area is 124 Å². The standard InChI is InChI=1S/C15H24N2O4/c1-8-15(2,5-6-21-8)17-14(20)16-12-10-4-3-9(7-10)11(12)13(18)19/h8-12H,3-7H2,1-2H3,(H,18,19)(H2,16,17,20). The molecule has 6 heteroatoms. The first kappa shape index (κ1) is 14.6. The van der Waals surface area contributed by atoms with Crippen LogP contribution >= 0.6 is 0 Å². The summed E-state index contributed by atoms with van der Waals surface area (Å²) in [6, 6.07) is -0.499. The number of amides is 2. The molecule has 3 aliphatic rings. The number of urea groups is 1. The number of fused-ring (bicyclic) bond motifs is 2. The van der Waals surface area contributed by atoms with Gasteiger partial charge in [0.1, 0.15) is 0 Å². The number of carbonyl (C=O) groups is 2. The average molecular weight is 296 g/mol. The second kappa shape index (κ2) is 5.16. The predicted molar refractivity (Wildman–Crippen MR) is 75.8 cm³/mol. The van der Waals surface area contributed by atoms with Crippen LogP contribution in [0.15, 0.2) is 0 Å². The van der Waals surface area contributed by atoms with Gasteiger partial charge in [-0.15, -0.1) is 0 Å². The molecule has 3 rings (SSSR count). The molecule has 6 atom stereocenters. The van der Waals surface area contributed by atoms with Crippen LogP contribution in [0.1, 0.15) is 39.5 Å². The van der Waals surface area contributed by atoms with Crippen LogP contribution in [0.25, 0.3) is 0 Å². The average Bonchev–Trinajstić information content (AvgIpc) is 3.05. The summed E-state index contributed by atoms with van der Waals surface area (Å²) in [5.41, 5.74) is -0.375. The lowest BCUT2D eigenvalue weighted by Gasteiger charge is -2.33. The zero-order chi connectivity index (χ0) is 15.2. The van der Waals surface area contributed by atoms with E-state index in [1.165, 1.54) is 0 Å². The van der Waals surface area contributed by atoms with Gasteiger partial charge in [0.25, 0.3) is 0 Å². The molecule has 0 aromatic rings. The summed E-state index contributed by atoms with van der Waals surface area (Å²) in [7, 11) is 0. The molecule has 2 aliphatic carbocycles. The first-order chi connectivity index (χ1) is 9.90. The summed E-state index contributed by atoms with van der Waals surface area (Å²) in [6.45, 7) is 4.56. The van der Waals surface area contributed by atoms with Crippen molar-refractivity contribution in [2.75, 3.05) is 6.61 Å². The third kappa shape index (κ3) is 2.50. The van der Waals surface area contributed by atoms with Gasteiger partial charge in [0.15, 0.2) is 0 Å². The molecule has 2 bridgehead atoms. The van der Waals surface area contributed by atoms with E-state index in [2.05, 4.69) is 10.6 Å². The van der Waals surface area contributed by atoms with Gasteiger partial charge in [0.05, 0.1) is 17.6 Å². The fourth-order valence-electron chi connectivity index (χ4n) is 4.30. The molecule has 0 aromatic heterocycles. The molecule has 6 nitrogen and oxygen atoms in total. The lowest BCUT2D eigenvalue weighted by atomic mass is 9.84. The van der Waals surface area contributed by atoms with E-state index < -0.39 is 11.9 Å². The number of rotatable bonds is 3. The van der Waals surface area contributed by atoms with Gasteiger partial charge in [-0.3, -0.25) is 4.79 Å². The van der Waals surface area contributed by atoms with Crippen molar-refractivity contribution in [3.05, 3.63) is 0 Å². The van der Waals surface area contributed by atoms with Crippen LogP contribution in [-0.2, 0) is 9.53 Å². The fraction of sp³-hybridized carbons (Fsp3) is 0.867. The Morgan fingerprint density at radius 2 is 2.00 bits per heavy atom. The number of nitrogens with one attached hydrogen (secondary N) is 2. The number of aliphatic carboxylic acids is 1. The number of carbonyl (C=O) groups excluding carboxylic acids is 1. The normalized spacial score (nSPS) is 44.8. The molecular formula is C15H24N2O4. The third-order valence-corrected chi connectivity index (χ3v) is 5.78. The second-order valence-corrected chi connectivity index (χ2v) is 7.00. The molecule has 2 saturated carbocycles. The molecule has 0 radical (unpaired) electrons. The zero-order valence-electron chi connectivity index (χ0n) is 12.6. The highest BCUT2D eigenvalue weighted by Gasteiger charge is 2.52. The minimum Gasteiger partial charge on any atom is -0.481 e. The monoisotopic (exact) mass is 296 g/mol. The van der Waals surface area contributed by atoms with Crippen LogP contribution in [0.4, 0.5) is 4.79 Å². The molecule has 1 aliphatic heterocycles. The van der Waals surface area contributed by atoms with E-state index in [4.69, 9.17) is 4.74 Å². The van der Waals surface area contributed by atoms with Gasteiger partial charge in [-0.1, -0.05) is 0 Å². The highest BCUT2D eigenvalue weighted by atomic mass is 16.5. The smallest absolute Gasteiger partial charge is 0.315 e. The topological polar surface area (TPSA) is 87.7 Å². The lowest BCUT2D eigenvalue weighted by Crippen LogP contribution is -2.57. The first-order valence-electron chi connectivity index (χ1n) is 7.84. The molecule has 1 saturated heterocycles. The van der Waals surface area contributed by atoms with Crippen molar-refractivity contribution in [2.24, 2.45) is 17.8 Å². The first-order valence-corrected chi connectivity index (χ1v) is 7.84. The summed E-state index contributed by atoms with van der Waals surface area (Å²) in [5.74, 6) is -0.676. The van der Waals surface area contributed by atoms with E-state index in [9.17, 15) is 14.7 Å². The minimum absolute atomic E-state index is 0.0291. The molecule has 0 aromatic carbocycles. The van der Waals surface area contributed by atoms with E-state index >= 15 is 0 Å².